The molecule has 0 unspecified atom stereocenters. The summed E-state index contributed by atoms with van der Waals surface area (Å²) in [7, 11) is -5.75. The van der Waals surface area contributed by atoms with Crippen molar-refractivity contribution >= 4 is 15.9 Å². The molecule has 0 aromatic heterocycles. The summed E-state index contributed by atoms with van der Waals surface area (Å²) in [5.41, 5.74) is -5.55. The zero-order valence-electron chi connectivity index (χ0n) is 12.7. The van der Waals surface area contributed by atoms with E-state index in [2.05, 4.69) is 4.18 Å². The van der Waals surface area contributed by atoms with Crippen molar-refractivity contribution in [3.8, 4) is 0 Å². The van der Waals surface area contributed by atoms with E-state index in [9.17, 15) is 43.9 Å². The molecule has 0 atom stereocenters. The highest BCUT2D eigenvalue weighted by Crippen LogP contribution is 2.35. The quantitative estimate of drug-likeness (QED) is 0.394. The van der Waals surface area contributed by atoms with Gasteiger partial charge in [0.2, 0.25) is 5.92 Å². The van der Waals surface area contributed by atoms with Gasteiger partial charge in [-0.25, -0.2) is 17.6 Å². The number of rotatable bonds is 2. The van der Waals surface area contributed by atoms with Crippen LogP contribution in [0.25, 0.3) is 0 Å². The van der Waals surface area contributed by atoms with Gasteiger partial charge in [0.25, 0.3) is 5.92 Å². The lowest BCUT2D eigenvalue weighted by Gasteiger charge is -2.21. The lowest BCUT2D eigenvalue weighted by Crippen LogP contribution is -2.27. The molecule has 0 heterocycles. The summed E-state index contributed by atoms with van der Waals surface area (Å²) in [4.78, 5) is 10.4. The van der Waals surface area contributed by atoms with Gasteiger partial charge in [0.1, 0.15) is 11.5 Å². The molecule has 0 N–H and O–H groups in total. The van der Waals surface area contributed by atoms with E-state index in [-0.39, 0.29) is 31.5 Å². The molecule has 0 bridgehead atoms. The molecule has 0 aliphatic heterocycles. The van der Waals surface area contributed by atoms with Crippen LogP contribution in [-0.2, 0) is 19.1 Å². The predicted molar refractivity (Wildman–Crippen MR) is 71.4 cm³/mol. The van der Waals surface area contributed by atoms with Crippen molar-refractivity contribution in [1.29, 1.82) is 0 Å². The first-order valence-electron chi connectivity index (χ1n) is 7.11. The molecule has 146 valence electrons. The minimum absolute atomic E-state index is 0.0269. The van der Waals surface area contributed by atoms with Crippen LogP contribution in [0.5, 0.6) is 0 Å². The Morgan fingerprint density at radius 3 is 1.76 bits per heavy atom. The van der Waals surface area contributed by atoms with E-state index >= 15 is 0 Å². The summed E-state index contributed by atoms with van der Waals surface area (Å²) in [6.07, 6.45) is -1.80. The van der Waals surface area contributed by atoms with E-state index in [1.54, 1.807) is 0 Å². The third-order valence-corrected chi connectivity index (χ3v) is 4.41. The molecule has 0 aromatic carbocycles. The highest BCUT2D eigenvalue weighted by Gasteiger charge is 2.49. The first-order chi connectivity index (χ1) is 11.1. The molecule has 4 nitrogen and oxygen atoms in total. The summed E-state index contributed by atoms with van der Waals surface area (Å²) in [5.74, 6) is -6.20. The highest BCUT2D eigenvalue weighted by molar-refractivity contribution is 7.87. The van der Waals surface area contributed by atoms with Crippen molar-refractivity contribution in [2.24, 2.45) is 0 Å². The van der Waals surface area contributed by atoms with Crippen LogP contribution in [0.2, 0.25) is 0 Å². The molecular weight excluding hydrogens is 385 g/mol. The van der Waals surface area contributed by atoms with Crippen LogP contribution in [0.1, 0.15) is 44.9 Å². The van der Waals surface area contributed by atoms with Gasteiger partial charge >= 0.3 is 15.6 Å². The largest absolute Gasteiger partial charge is 0.534 e. The van der Waals surface area contributed by atoms with Gasteiger partial charge in [-0.1, -0.05) is 0 Å². The van der Waals surface area contributed by atoms with Gasteiger partial charge in [0, 0.05) is 44.9 Å². The predicted octanol–water partition coefficient (Wildman–Crippen LogP) is 4.32. The van der Waals surface area contributed by atoms with Crippen molar-refractivity contribution in [2.75, 3.05) is 0 Å². The lowest BCUT2D eigenvalue weighted by atomic mass is 9.96. The standard InChI is InChI=1S/C7H7F5O3S.C6H8F2O/c8-6(9)3-1-5(2-4-6)15-16(13,14)7(10,11)12;7-6(8)3-1-5(9)2-4-6/h1H,2-4H2;1-4H2. The van der Waals surface area contributed by atoms with Crippen LogP contribution in [0.3, 0.4) is 0 Å². The topological polar surface area (TPSA) is 60.4 Å². The average molecular weight is 400 g/mol. The molecule has 0 spiro atoms. The number of alkyl halides is 7. The monoisotopic (exact) mass is 400 g/mol. The maximum Gasteiger partial charge on any atom is 0.534 e. The van der Waals surface area contributed by atoms with Crippen LogP contribution >= 0.6 is 0 Å². The molecular formula is C13H15F7O4S. The molecule has 0 saturated heterocycles. The molecule has 0 radical (unpaired) electrons. The fourth-order valence-corrected chi connectivity index (χ4v) is 2.46. The Kier molecular flexibility index (Phi) is 6.52. The van der Waals surface area contributed by atoms with Gasteiger partial charge in [-0.05, 0) is 6.08 Å². The maximum atomic E-state index is 12.6. The summed E-state index contributed by atoms with van der Waals surface area (Å²) in [6, 6.07) is 0. The van der Waals surface area contributed by atoms with Crippen LogP contribution in [-0.4, -0.2) is 31.6 Å². The van der Waals surface area contributed by atoms with E-state index in [0.29, 0.717) is 6.08 Å². The summed E-state index contributed by atoms with van der Waals surface area (Å²) >= 11 is 0. The Balaban J connectivity index is 0.000000293. The molecule has 2 rings (SSSR count). The van der Waals surface area contributed by atoms with Gasteiger partial charge in [0.05, 0.1) is 0 Å². The highest BCUT2D eigenvalue weighted by atomic mass is 32.2. The Labute approximate surface area is 139 Å². The number of carbonyl (C=O) groups excluding carboxylic acids is 1. The van der Waals surface area contributed by atoms with Crippen LogP contribution in [0.15, 0.2) is 11.8 Å². The second-order valence-electron chi connectivity index (χ2n) is 5.61. The molecule has 12 heteroatoms. The third-order valence-electron chi connectivity index (χ3n) is 3.40. The Morgan fingerprint density at radius 2 is 1.40 bits per heavy atom. The third kappa shape index (κ3) is 7.20. The minimum Gasteiger partial charge on any atom is -0.381 e. The van der Waals surface area contributed by atoms with Crippen LogP contribution < -0.4 is 0 Å². The van der Waals surface area contributed by atoms with Crippen molar-refractivity contribution in [3.05, 3.63) is 11.8 Å². The normalized spacial score (nSPS) is 23.2. The Bertz CT molecular complexity index is 611. The summed E-state index contributed by atoms with van der Waals surface area (Å²) in [6.45, 7) is 0. The van der Waals surface area contributed by atoms with E-state index < -0.39 is 52.5 Å². The van der Waals surface area contributed by atoms with Crippen LogP contribution in [0.4, 0.5) is 30.7 Å². The zero-order chi connectivity index (χ0) is 19.5. The number of allylic oxidation sites excluding steroid dienone is 2. The maximum absolute atomic E-state index is 12.6. The Hall–Kier alpha value is -1.33. The number of carbonyl (C=O) groups is 1. The van der Waals surface area contributed by atoms with Crippen molar-refractivity contribution in [1.82, 2.24) is 0 Å². The zero-order valence-corrected chi connectivity index (χ0v) is 13.5. The van der Waals surface area contributed by atoms with Crippen molar-refractivity contribution < 1.29 is 48.1 Å². The molecule has 1 saturated carbocycles. The molecule has 0 amide bonds. The first-order valence-corrected chi connectivity index (χ1v) is 8.52. The minimum atomic E-state index is -5.75. The number of halogens is 7. The SMILES string of the molecule is O=C1CCC(F)(F)CC1.O=S(=O)(OC1=CCC(F)(F)CC1)C(F)(F)F. The number of hydrogen-bond acceptors (Lipinski definition) is 4. The molecule has 0 aromatic rings. The van der Waals surface area contributed by atoms with Gasteiger partial charge in [-0.3, -0.25) is 4.79 Å². The Morgan fingerprint density at radius 1 is 0.920 bits per heavy atom. The van der Waals surface area contributed by atoms with Crippen molar-refractivity contribution in [2.45, 2.75) is 62.3 Å². The van der Waals surface area contributed by atoms with Gasteiger partial charge in [0.15, 0.2) is 0 Å². The van der Waals surface area contributed by atoms with Gasteiger partial charge < -0.3 is 4.18 Å². The molecule has 2 aliphatic carbocycles. The second kappa shape index (κ2) is 7.50. The van der Waals surface area contributed by atoms with Gasteiger partial charge in [-0.2, -0.15) is 21.6 Å². The van der Waals surface area contributed by atoms with E-state index in [4.69, 9.17) is 0 Å². The summed E-state index contributed by atoms with van der Waals surface area (Å²) in [5, 5.41) is 0. The lowest BCUT2D eigenvalue weighted by molar-refractivity contribution is -0.128. The van der Waals surface area contributed by atoms with E-state index in [0.717, 1.165) is 0 Å². The average Bonchev–Trinajstić information content (AvgIpc) is 2.44. The van der Waals surface area contributed by atoms with Crippen molar-refractivity contribution in [3.63, 3.8) is 0 Å². The molecule has 1 fully saturated rings. The van der Waals surface area contributed by atoms with E-state index in [1.807, 2.05) is 0 Å². The molecule has 2 aliphatic rings. The smallest absolute Gasteiger partial charge is 0.381 e. The number of Topliss-reactive ketones (excluding diaryl/α,β-unsaturated/α-hetero) is 1. The summed E-state index contributed by atoms with van der Waals surface area (Å²) < 4.78 is 110. The van der Waals surface area contributed by atoms with E-state index in [1.165, 1.54) is 0 Å². The fraction of sp³-hybridized carbons (Fsp3) is 0.769. The second-order valence-corrected chi connectivity index (χ2v) is 7.15. The number of hydrogen-bond donors (Lipinski definition) is 0. The fourth-order valence-electron chi connectivity index (χ4n) is 1.93. The number of ketones is 1. The first kappa shape index (κ1) is 21.7. The van der Waals surface area contributed by atoms with Gasteiger partial charge in [-0.15, -0.1) is 0 Å². The molecule has 25 heavy (non-hydrogen) atoms. The van der Waals surface area contributed by atoms with Crippen LogP contribution in [0, 0.1) is 0 Å².